The van der Waals surface area contributed by atoms with Gasteiger partial charge in [0.05, 0.1) is 0 Å². The predicted molar refractivity (Wildman–Crippen MR) is 95.1 cm³/mol. The van der Waals surface area contributed by atoms with E-state index in [1.165, 1.54) is 45.1 Å². The Labute approximate surface area is 149 Å². The molecule has 3 rings (SSSR count). The Kier molecular flexibility index (Phi) is 5.84. The molecular formula is C18H29F2N5. The van der Waals surface area contributed by atoms with Gasteiger partial charge >= 0.3 is 5.92 Å². The first-order valence-electron chi connectivity index (χ1n) is 9.40. The lowest BCUT2D eigenvalue weighted by Gasteiger charge is -2.43. The van der Waals surface area contributed by atoms with E-state index in [9.17, 15) is 8.78 Å². The van der Waals surface area contributed by atoms with Crippen LogP contribution in [0.5, 0.6) is 0 Å². The lowest BCUT2D eigenvalue weighted by Crippen LogP contribution is -2.53. The summed E-state index contributed by atoms with van der Waals surface area (Å²) in [7, 11) is 0. The first-order valence-corrected chi connectivity index (χ1v) is 9.40. The average molecular weight is 353 g/mol. The second kappa shape index (κ2) is 7.91. The molecule has 2 aliphatic rings. The highest BCUT2D eigenvalue weighted by atomic mass is 19.3. The number of hydrogen-bond donors (Lipinski definition) is 0. The van der Waals surface area contributed by atoms with E-state index in [0.29, 0.717) is 11.9 Å². The van der Waals surface area contributed by atoms with Crippen molar-refractivity contribution in [1.29, 1.82) is 0 Å². The lowest BCUT2D eigenvalue weighted by atomic mass is 10.0. The predicted octanol–water partition coefficient (Wildman–Crippen LogP) is 2.58. The molecular weight excluding hydrogens is 324 g/mol. The normalized spacial score (nSPS) is 21.7. The number of hydrogen-bond acceptors (Lipinski definition) is 5. The summed E-state index contributed by atoms with van der Waals surface area (Å²) in [5.41, 5.74) is 0. The molecule has 2 fully saturated rings. The molecule has 2 saturated heterocycles. The molecule has 0 bridgehead atoms. The van der Waals surface area contributed by atoms with Gasteiger partial charge in [-0.05, 0) is 45.0 Å². The molecule has 0 atom stereocenters. The second-order valence-electron chi connectivity index (χ2n) is 7.22. The number of anilines is 1. The molecule has 0 aromatic carbocycles. The van der Waals surface area contributed by atoms with E-state index in [0.717, 1.165) is 33.1 Å². The topological polar surface area (TPSA) is 35.5 Å². The molecule has 3 heterocycles. The third-order valence-electron chi connectivity index (χ3n) is 5.29. The number of piperazine rings is 1. The molecule has 25 heavy (non-hydrogen) atoms. The van der Waals surface area contributed by atoms with Crippen molar-refractivity contribution >= 4 is 5.82 Å². The maximum atomic E-state index is 13.4. The first-order chi connectivity index (χ1) is 12.0. The third-order valence-corrected chi connectivity index (χ3v) is 5.29. The van der Waals surface area contributed by atoms with Gasteiger partial charge in [-0.3, -0.25) is 4.90 Å². The molecule has 0 unspecified atom stereocenters. The van der Waals surface area contributed by atoms with Crippen molar-refractivity contribution < 1.29 is 8.78 Å². The Morgan fingerprint density at radius 2 is 1.80 bits per heavy atom. The minimum atomic E-state index is -3.00. The van der Waals surface area contributed by atoms with Gasteiger partial charge in [-0.25, -0.2) is 9.97 Å². The molecule has 0 radical (unpaired) electrons. The van der Waals surface area contributed by atoms with Gasteiger partial charge < -0.3 is 9.80 Å². The maximum absolute atomic E-state index is 13.4. The summed E-state index contributed by atoms with van der Waals surface area (Å²) >= 11 is 0. The van der Waals surface area contributed by atoms with E-state index >= 15 is 0 Å². The van der Waals surface area contributed by atoms with Crippen LogP contribution in [-0.4, -0.2) is 71.6 Å². The summed E-state index contributed by atoms with van der Waals surface area (Å²) in [4.78, 5) is 15.0. The monoisotopic (exact) mass is 353 g/mol. The van der Waals surface area contributed by atoms with Crippen LogP contribution in [0.4, 0.5) is 14.6 Å². The van der Waals surface area contributed by atoms with Gasteiger partial charge in [-0.2, -0.15) is 8.78 Å². The molecule has 140 valence electrons. The van der Waals surface area contributed by atoms with Gasteiger partial charge in [0.1, 0.15) is 5.82 Å². The van der Waals surface area contributed by atoms with Gasteiger partial charge in [-0.1, -0.05) is 6.92 Å². The van der Waals surface area contributed by atoms with E-state index in [4.69, 9.17) is 0 Å². The van der Waals surface area contributed by atoms with Crippen molar-refractivity contribution in [3.05, 3.63) is 18.1 Å². The summed E-state index contributed by atoms with van der Waals surface area (Å²) in [6, 6.07) is 2.39. The molecule has 1 aromatic heterocycles. The molecule has 0 amide bonds. The number of piperidine rings is 1. The molecule has 0 aliphatic carbocycles. The highest BCUT2D eigenvalue weighted by Crippen LogP contribution is 2.26. The zero-order chi connectivity index (χ0) is 17.9. The van der Waals surface area contributed by atoms with Crippen LogP contribution >= 0.6 is 0 Å². The fourth-order valence-corrected chi connectivity index (χ4v) is 3.88. The molecule has 1 aromatic rings. The fraction of sp³-hybridized carbons (Fsp3) is 0.778. The van der Waals surface area contributed by atoms with E-state index in [2.05, 4.69) is 31.6 Å². The minimum absolute atomic E-state index is 0.393. The van der Waals surface area contributed by atoms with Gasteiger partial charge in [0.25, 0.3) is 0 Å². The SMILES string of the molecule is CCCN1CCC(N2CCN(c3ccnc(C(C)(F)F)n3)CC2)CC1. The van der Waals surface area contributed by atoms with Crippen LogP contribution in [-0.2, 0) is 5.92 Å². The molecule has 7 heteroatoms. The zero-order valence-corrected chi connectivity index (χ0v) is 15.3. The zero-order valence-electron chi connectivity index (χ0n) is 15.3. The van der Waals surface area contributed by atoms with Crippen LogP contribution in [0.3, 0.4) is 0 Å². The second-order valence-corrected chi connectivity index (χ2v) is 7.22. The third kappa shape index (κ3) is 4.64. The lowest BCUT2D eigenvalue weighted by molar-refractivity contribution is 0.00773. The Hall–Kier alpha value is -1.34. The van der Waals surface area contributed by atoms with E-state index < -0.39 is 11.7 Å². The summed E-state index contributed by atoms with van der Waals surface area (Å²) in [6.45, 7) is 10.3. The van der Waals surface area contributed by atoms with Crippen LogP contribution in [0, 0.1) is 0 Å². The van der Waals surface area contributed by atoms with Crippen LogP contribution in [0.15, 0.2) is 12.3 Å². The van der Waals surface area contributed by atoms with Crippen molar-refractivity contribution in [2.45, 2.75) is 45.1 Å². The van der Waals surface area contributed by atoms with Crippen molar-refractivity contribution in [2.24, 2.45) is 0 Å². The van der Waals surface area contributed by atoms with Crippen LogP contribution in [0.25, 0.3) is 0 Å². The summed E-state index contributed by atoms with van der Waals surface area (Å²) < 4.78 is 26.9. The summed E-state index contributed by atoms with van der Waals surface area (Å²) in [5, 5.41) is 0. The number of nitrogens with zero attached hydrogens (tertiary/aromatic N) is 5. The van der Waals surface area contributed by atoms with Crippen LogP contribution in [0.1, 0.15) is 38.9 Å². The molecule has 5 nitrogen and oxygen atoms in total. The fourth-order valence-electron chi connectivity index (χ4n) is 3.88. The molecule has 0 spiro atoms. The Bertz CT molecular complexity index is 547. The van der Waals surface area contributed by atoms with Gasteiger partial charge in [0.15, 0.2) is 5.82 Å². The number of rotatable bonds is 5. The maximum Gasteiger partial charge on any atom is 0.303 e. The standard InChI is InChI=1S/C18H29F2N5/c1-3-8-23-9-5-15(6-10-23)24-11-13-25(14-12-24)16-4-7-21-17(22-16)18(2,19)20/h4,7,15H,3,5-6,8-14H2,1-2H3. The number of likely N-dealkylation sites (tertiary alicyclic amines) is 1. The van der Waals surface area contributed by atoms with Crippen molar-refractivity contribution in [3.8, 4) is 0 Å². The highest BCUT2D eigenvalue weighted by Gasteiger charge is 2.30. The van der Waals surface area contributed by atoms with Gasteiger partial charge in [0.2, 0.25) is 0 Å². The van der Waals surface area contributed by atoms with Gasteiger partial charge in [-0.15, -0.1) is 0 Å². The number of aromatic nitrogens is 2. The summed E-state index contributed by atoms with van der Waals surface area (Å²) in [5.74, 6) is -2.77. The largest absolute Gasteiger partial charge is 0.354 e. The van der Waals surface area contributed by atoms with E-state index in [1.807, 2.05) is 0 Å². The number of halogens is 2. The van der Waals surface area contributed by atoms with Gasteiger partial charge in [0, 0.05) is 45.3 Å². The van der Waals surface area contributed by atoms with Crippen molar-refractivity contribution in [3.63, 3.8) is 0 Å². The smallest absolute Gasteiger partial charge is 0.303 e. The number of alkyl halides is 2. The summed E-state index contributed by atoms with van der Waals surface area (Å²) in [6.07, 6.45) is 5.13. The van der Waals surface area contributed by atoms with Crippen molar-refractivity contribution in [1.82, 2.24) is 19.8 Å². The van der Waals surface area contributed by atoms with Crippen LogP contribution in [0.2, 0.25) is 0 Å². The Morgan fingerprint density at radius 1 is 1.12 bits per heavy atom. The van der Waals surface area contributed by atoms with Crippen molar-refractivity contribution in [2.75, 3.05) is 50.7 Å². The van der Waals surface area contributed by atoms with Crippen LogP contribution < -0.4 is 4.90 Å². The molecule has 2 aliphatic heterocycles. The highest BCUT2D eigenvalue weighted by molar-refractivity contribution is 5.38. The van der Waals surface area contributed by atoms with E-state index in [1.54, 1.807) is 6.07 Å². The Balaban J connectivity index is 1.52. The van der Waals surface area contributed by atoms with E-state index in [-0.39, 0.29) is 0 Å². The average Bonchev–Trinajstić information content (AvgIpc) is 2.62. The first kappa shape index (κ1) is 18.5. The quantitative estimate of drug-likeness (QED) is 0.813. The molecule has 0 N–H and O–H groups in total. The molecule has 0 saturated carbocycles. The minimum Gasteiger partial charge on any atom is -0.354 e. The Morgan fingerprint density at radius 3 is 2.40 bits per heavy atom.